The predicted molar refractivity (Wildman–Crippen MR) is 115 cm³/mol. The fourth-order valence-corrected chi connectivity index (χ4v) is 4.87. The second-order valence-corrected chi connectivity index (χ2v) is 9.38. The summed E-state index contributed by atoms with van der Waals surface area (Å²) in [7, 11) is 0. The minimum absolute atomic E-state index is 0.222. The third kappa shape index (κ3) is 4.69. The van der Waals surface area contributed by atoms with Gasteiger partial charge in [0.15, 0.2) is 6.54 Å². The summed E-state index contributed by atoms with van der Waals surface area (Å²) in [4.78, 5) is 21.8. The Morgan fingerprint density at radius 2 is 1.90 bits per heavy atom. The lowest BCUT2D eigenvalue weighted by Gasteiger charge is -2.35. The van der Waals surface area contributed by atoms with Crippen LogP contribution in [0.15, 0.2) is 0 Å². The Balaban J connectivity index is 1.49. The van der Waals surface area contributed by atoms with Crippen molar-refractivity contribution in [1.29, 1.82) is 5.26 Å². The SMILES string of the molecule is CCc1[nH+]c(N2CCN(C(=O)C[NH+]3CCOCC3)CC2)c(C#N)c2c1COC(C)(C)C2. The number of nitriles is 1. The molecule has 0 radical (unpaired) electrons. The van der Waals surface area contributed by atoms with Crippen molar-refractivity contribution in [3.05, 3.63) is 22.4 Å². The van der Waals surface area contributed by atoms with Crippen molar-refractivity contribution in [2.45, 2.75) is 45.8 Å². The first-order valence-electron chi connectivity index (χ1n) is 11.5. The first-order valence-corrected chi connectivity index (χ1v) is 11.5. The molecule has 1 aromatic heterocycles. The van der Waals surface area contributed by atoms with Gasteiger partial charge in [0.2, 0.25) is 0 Å². The summed E-state index contributed by atoms with van der Waals surface area (Å²) in [5.41, 5.74) is 3.88. The number of hydrogen-bond acceptors (Lipinski definition) is 5. The molecule has 0 saturated carbocycles. The number of morpholine rings is 1. The Hall–Kier alpha value is -2.21. The van der Waals surface area contributed by atoms with E-state index in [9.17, 15) is 10.1 Å². The largest absolute Gasteiger partial charge is 0.370 e. The van der Waals surface area contributed by atoms with Crippen LogP contribution in [0.3, 0.4) is 0 Å². The van der Waals surface area contributed by atoms with Gasteiger partial charge in [0.05, 0.1) is 38.5 Å². The molecule has 31 heavy (non-hydrogen) atoms. The summed E-state index contributed by atoms with van der Waals surface area (Å²) in [5.74, 6) is 1.13. The molecule has 3 aliphatic rings. The topological polar surface area (TPSA) is 84.4 Å². The number of pyridine rings is 1. The third-order valence-corrected chi connectivity index (χ3v) is 6.76. The number of nitrogens with one attached hydrogen (secondary N) is 2. The molecular formula is C23H35N5O3+2. The number of aromatic nitrogens is 1. The lowest BCUT2D eigenvalue weighted by atomic mass is 9.87. The van der Waals surface area contributed by atoms with Gasteiger partial charge in [-0.25, -0.2) is 4.98 Å². The van der Waals surface area contributed by atoms with E-state index in [4.69, 9.17) is 9.47 Å². The molecule has 8 nitrogen and oxygen atoms in total. The van der Waals surface area contributed by atoms with E-state index < -0.39 is 0 Å². The van der Waals surface area contributed by atoms with E-state index in [1.807, 2.05) is 4.90 Å². The summed E-state index contributed by atoms with van der Waals surface area (Å²) >= 11 is 0. The maximum atomic E-state index is 12.8. The number of carbonyl (C=O) groups is 1. The Morgan fingerprint density at radius 3 is 2.55 bits per heavy atom. The van der Waals surface area contributed by atoms with Crippen LogP contribution >= 0.6 is 0 Å². The van der Waals surface area contributed by atoms with Crippen LogP contribution in [0.5, 0.6) is 0 Å². The quantitative estimate of drug-likeness (QED) is 0.688. The molecule has 1 aromatic rings. The minimum Gasteiger partial charge on any atom is -0.370 e. The zero-order valence-corrected chi connectivity index (χ0v) is 19.1. The number of nitrogens with zero attached hydrogens (tertiary/aromatic N) is 3. The van der Waals surface area contributed by atoms with Gasteiger partial charge >= 0.3 is 0 Å². The number of anilines is 1. The average molecular weight is 430 g/mol. The average Bonchev–Trinajstić information content (AvgIpc) is 2.78. The first-order chi connectivity index (χ1) is 14.9. The number of piperazine rings is 1. The standard InChI is InChI=1S/C23H33N5O3/c1-4-20-19-16-31-23(2,3)13-17(19)18(14-24)22(25-20)28-7-5-27(6-8-28)21(29)15-26-9-11-30-12-10-26/h4-13,15-16H2,1-3H3/p+2. The van der Waals surface area contributed by atoms with Crippen molar-refractivity contribution in [2.75, 3.05) is 63.9 Å². The summed E-state index contributed by atoms with van der Waals surface area (Å²) in [6.07, 6.45) is 1.60. The normalized spacial score (nSPS) is 21.5. The van der Waals surface area contributed by atoms with Crippen molar-refractivity contribution in [2.24, 2.45) is 0 Å². The number of hydrogen-bond donors (Lipinski definition) is 1. The molecular weight excluding hydrogens is 394 g/mol. The number of H-pyrrole nitrogens is 1. The van der Waals surface area contributed by atoms with E-state index in [2.05, 4.69) is 36.7 Å². The molecule has 0 spiro atoms. The van der Waals surface area contributed by atoms with Gasteiger partial charge in [-0.1, -0.05) is 6.92 Å². The van der Waals surface area contributed by atoms with Crippen LogP contribution in [0.1, 0.15) is 43.2 Å². The van der Waals surface area contributed by atoms with Gasteiger partial charge in [0, 0.05) is 18.4 Å². The highest BCUT2D eigenvalue weighted by molar-refractivity contribution is 5.77. The molecule has 3 aliphatic heterocycles. The Kier molecular flexibility index (Phi) is 6.47. The van der Waals surface area contributed by atoms with Crippen LogP contribution < -0.4 is 14.8 Å². The van der Waals surface area contributed by atoms with Crippen LogP contribution in [0.4, 0.5) is 5.82 Å². The number of fused-ring (bicyclic) bond motifs is 1. The molecule has 2 saturated heterocycles. The zero-order valence-electron chi connectivity index (χ0n) is 19.1. The Morgan fingerprint density at radius 1 is 1.19 bits per heavy atom. The summed E-state index contributed by atoms with van der Waals surface area (Å²) in [6.45, 7) is 13.5. The summed E-state index contributed by atoms with van der Waals surface area (Å²) < 4.78 is 11.4. The minimum atomic E-state index is -0.269. The van der Waals surface area contributed by atoms with Gasteiger partial charge in [-0.3, -0.25) is 9.69 Å². The van der Waals surface area contributed by atoms with Crippen LogP contribution in [-0.4, -0.2) is 75.4 Å². The fraction of sp³-hybridized carbons (Fsp3) is 0.696. The highest BCUT2D eigenvalue weighted by Crippen LogP contribution is 2.34. The maximum Gasteiger partial charge on any atom is 0.293 e. The van der Waals surface area contributed by atoms with Crippen molar-refractivity contribution in [3.8, 4) is 6.07 Å². The van der Waals surface area contributed by atoms with Crippen LogP contribution in [-0.2, 0) is 33.7 Å². The van der Waals surface area contributed by atoms with E-state index in [0.717, 1.165) is 80.4 Å². The van der Waals surface area contributed by atoms with E-state index in [0.29, 0.717) is 26.2 Å². The number of ether oxygens (including phenoxy) is 2. The van der Waals surface area contributed by atoms with E-state index in [1.165, 1.54) is 4.90 Å². The summed E-state index contributed by atoms with van der Waals surface area (Å²) in [6, 6.07) is 2.47. The van der Waals surface area contributed by atoms with Gasteiger partial charge in [0.25, 0.3) is 11.7 Å². The number of aryl methyl sites for hydroxylation is 1. The van der Waals surface area contributed by atoms with E-state index >= 15 is 0 Å². The van der Waals surface area contributed by atoms with Crippen molar-refractivity contribution in [3.63, 3.8) is 0 Å². The summed E-state index contributed by atoms with van der Waals surface area (Å²) in [5, 5.41) is 10.0. The number of carbonyl (C=O) groups excluding carboxylic acids is 1. The number of rotatable bonds is 4. The van der Waals surface area contributed by atoms with Crippen molar-refractivity contribution >= 4 is 11.7 Å². The first kappa shape index (κ1) is 22.0. The number of quaternary nitrogens is 1. The predicted octanol–water partition coefficient (Wildman–Crippen LogP) is -0.650. The van der Waals surface area contributed by atoms with E-state index in [1.54, 1.807) is 0 Å². The molecule has 0 unspecified atom stereocenters. The molecule has 1 amide bonds. The van der Waals surface area contributed by atoms with Crippen molar-refractivity contribution < 1.29 is 24.2 Å². The van der Waals surface area contributed by atoms with Gasteiger partial charge in [-0.15, -0.1) is 0 Å². The zero-order chi connectivity index (χ0) is 22.0. The molecule has 0 aromatic carbocycles. The molecule has 2 N–H and O–H groups in total. The lowest BCUT2D eigenvalue weighted by molar-refractivity contribution is -0.900. The van der Waals surface area contributed by atoms with Crippen LogP contribution in [0, 0.1) is 11.3 Å². The number of amides is 1. The Labute approximate surface area is 184 Å². The smallest absolute Gasteiger partial charge is 0.293 e. The maximum absolute atomic E-state index is 12.8. The highest BCUT2D eigenvalue weighted by Gasteiger charge is 2.36. The van der Waals surface area contributed by atoms with E-state index in [-0.39, 0.29) is 11.5 Å². The number of aromatic amines is 1. The third-order valence-electron chi connectivity index (χ3n) is 6.76. The van der Waals surface area contributed by atoms with Crippen molar-refractivity contribution in [1.82, 2.24) is 4.90 Å². The second kappa shape index (κ2) is 9.11. The molecule has 0 atom stereocenters. The van der Waals surface area contributed by atoms with Gasteiger partial charge in [0.1, 0.15) is 43.5 Å². The van der Waals surface area contributed by atoms with Crippen LogP contribution in [0.2, 0.25) is 0 Å². The molecule has 0 bridgehead atoms. The molecule has 0 aliphatic carbocycles. The molecule has 4 rings (SSSR count). The molecule has 168 valence electrons. The highest BCUT2D eigenvalue weighted by atomic mass is 16.5. The van der Waals surface area contributed by atoms with Gasteiger partial charge in [-0.05, 0) is 19.4 Å². The molecule has 8 heteroatoms. The van der Waals surface area contributed by atoms with Crippen LogP contribution in [0.25, 0.3) is 0 Å². The molecule has 4 heterocycles. The molecule has 2 fully saturated rings. The van der Waals surface area contributed by atoms with Gasteiger partial charge < -0.3 is 19.3 Å². The lowest BCUT2D eigenvalue weighted by Crippen LogP contribution is -3.15. The van der Waals surface area contributed by atoms with Gasteiger partial charge in [-0.2, -0.15) is 5.26 Å². The fourth-order valence-electron chi connectivity index (χ4n) is 4.87. The monoisotopic (exact) mass is 429 g/mol. The second-order valence-electron chi connectivity index (χ2n) is 9.38. The Bertz CT molecular complexity index is 865.